The van der Waals surface area contributed by atoms with Gasteiger partial charge in [-0.1, -0.05) is 18.2 Å². The molecule has 2 aliphatic heterocycles. The molecule has 28 heavy (non-hydrogen) atoms. The number of guanidine groups is 1. The number of ether oxygens (including phenoxy) is 1. The van der Waals surface area contributed by atoms with E-state index in [4.69, 9.17) is 9.73 Å². The first-order chi connectivity index (χ1) is 13.3. The van der Waals surface area contributed by atoms with E-state index in [1.807, 2.05) is 0 Å². The van der Waals surface area contributed by atoms with Gasteiger partial charge in [-0.05, 0) is 38.3 Å². The zero-order valence-corrected chi connectivity index (χ0v) is 19.6. The fraction of sp³-hybridized carbons (Fsp3) is 0.667. The maximum Gasteiger partial charge on any atom is 0.191 e. The van der Waals surface area contributed by atoms with E-state index in [9.17, 15) is 0 Å². The number of nitrogens with zero attached hydrogens (tertiary/aromatic N) is 3. The lowest BCUT2D eigenvalue weighted by Crippen LogP contribution is -2.45. The maximum absolute atomic E-state index is 5.44. The van der Waals surface area contributed by atoms with Crippen molar-refractivity contribution in [1.29, 1.82) is 0 Å². The van der Waals surface area contributed by atoms with Crippen molar-refractivity contribution in [2.24, 2.45) is 10.9 Å². The molecule has 7 heteroatoms. The summed E-state index contributed by atoms with van der Waals surface area (Å²) < 4.78 is 5.44. The second-order valence-electron chi connectivity index (χ2n) is 7.53. The summed E-state index contributed by atoms with van der Waals surface area (Å²) in [4.78, 5) is 9.77. The number of anilines is 1. The van der Waals surface area contributed by atoms with Crippen molar-refractivity contribution in [3.8, 4) is 0 Å². The molecule has 3 rings (SSSR count). The molecule has 2 saturated heterocycles. The molecule has 2 N–H and O–H groups in total. The highest BCUT2D eigenvalue weighted by Crippen LogP contribution is 2.22. The molecule has 2 unspecified atom stereocenters. The number of morpholine rings is 1. The highest BCUT2D eigenvalue weighted by atomic mass is 127. The van der Waals surface area contributed by atoms with E-state index in [1.54, 1.807) is 0 Å². The summed E-state index contributed by atoms with van der Waals surface area (Å²) in [5.41, 5.74) is 1.33. The zero-order chi connectivity index (χ0) is 18.9. The number of hydrogen-bond donors (Lipinski definition) is 2. The van der Waals surface area contributed by atoms with Crippen molar-refractivity contribution in [3.05, 3.63) is 30.3 Å². The molecule has 1 aromatic rings. The number of nitrogens with one attached hydrogen (secondary N) is 2. The van der Waals surface area contributed by atoms with Gasteiger partial charge in [0, 0.05) is 51.0 Å². The smallest absolute Gasteiger partial charge is 0.191 e. The van der Waals surface area contributed by atoms with Crippen LogP contribution in [0.5, 0.6) is 0 Å². The Balaban J connectivity index is 0.00000280. The van der Waals surface area contributed by atoms with Crippen LogP contribution in [0.1, 0.15) is 20.3 Å². The van der Waals surface area contributed by atoms with Gasteiger partial charge in [0.25, 0.3) is 0 Å². The third-order valence-electron chi connectivity index (χ3n) is 5.49. The Hall–Kier alpha value is -1.06. The Morgan fingerprint density at radius 1 is 1.18 bits per heavy atom. The molecule has 2 aliphatic rings. The molecule has 0 amide bonds. The summed E-state index contributed by atoms with van der Waals surface area (Å²) >= 11 is 0. The first-order valence-electron chi connectivity index (χ1n) is 10.4. The molecule has 2 fully saturated rings. The van der Waals surface area contributed by atoms with Gasteiger partial charge in [0.15, 0.2) is 5.96 Å². The van der Waals surface area contributed by atoms with E-state index >= 15 is 0 Å². The van der Waals surface area contributed by atoms with Crippen LogP contribution >= 0.6 is 24.0 Å². The standard InChI is InChI=1S/C21H35N5O.HI/c1-3-22-21(23-15-18(2)25-11-13-27-14-12-25)24-16-19-9-10-26(17-19)20-7-5-4-6-8-20;/h4-8,18-19H,3,9-17H2,1-2H3,(H2,22,23,24);1H. The first-order valence-corrected chi connectivity index (χ1v) is 10.4. The molecule has 2 atom stereocenters. The van der Waals surface area contributed by atoms with Crippen molar-refractivity contribution < 1.29 is 4.74 Å². The lowest BCUT2D eigenvalue weighted by molar-refractivity contribution is 0.0220. The average molecular weight is 501 g/mol. The van der Waals surface area contributed by atoms with Crippen LogP contribution in [0.3, 0.4) is 0 Å². The molecule has 6 nitrogen and oxygen atoms in total. The summed E-state index contributed by atoms with van der Waals surface area (Å²) in [6.45, 7) is 13.0. The van der Waals surface area contributed by atoms with Gasteiger partial charge in [-0.15, -0.1) is 24.0 Å². The Bertz CT molecular complexity index is 579. The van der Waals surface area contributed by atoms with Gasteiger partial charge < -0.3 is 20.3 Å². The van der Waals surface area contributed by atoms with E-state index < -0.39 is 0 Å². The van der Waals surface area contributed by atoms with Gasteiger partial charge in [-0.3, -0.25) is 9.89 Å². The quantitative estimate of drug-likeness (QED) is 0.342. The normalized spacial score (nSPS) is 21.9. The van der Waals surface area contributed by atoms with Gasteiger partial charge in [0.1, 0.15) is 0 Å². The van der Waals surface area contributed by atoms with Crippen LogP contribution in [0.15, 0.2) is 35.3 Å². The number of para-hydroxylation sites is 1. The largest absolute Gasteiger partial charge is 0.379 e. The van der Waals surface area contributed by atoms with E-state index in [0.717, 1.165) is 65.0 Å². The predicted molar refractivity (Wildman–Crippen MR) is 128 cm³/mol. The van der Waals surface area contributed by atoms with E-state index in [-0.39, 0.29) is 24.0 Å². The van der Waals surface area contributed by atoms with Gasteiger partial charge >= 0.3 is 0 Å². The number of halogens is 1. The molecule has 0 radical (unpaired) electrons. The second kappa shape index (κ2) is 12.5. The first kappa shape index (κ1) is 23.2. The fourth-order valence-corrected chi connectivity index (χ4v) is 3.81. The van der Waals surface area contributed by atoms with Crippen LogP contribution in [0.4, 0.5) is 5.69 Å². The Kier molecular flexibility index (Phi) is 10.4. The Morgan fingerprint density at radius 2 is 1.93 bits per heavy atom. The van der Waals surface area contributed by atoms with Crippen LogP contribution in [0, 0.1) is 5.92 Å². The highest BCUT2D eigenvalue weighted by molar-refractivity contribution is 14.0. The zero-order valence-electron chi connectivity index (χ0n) is 17.3. The lowest BCUT2D eigenvalue weighted by Gasteiger charge is -2.31. The van der Waals surface area contributed by atoms with Crippen molar-refractivity contribution in [2.45, 2.75) is 26.3 Å². The molecule has 0 bridgehead atoms. The molecule has 0 spiro atoms. The summed E-state index contributed by atoms with van der Waals surface area (Å²) in [5.74, 6) is 1.60. The van der Waals surface area contributed by atoms with Crippen molar-refractivity contribution in [3.63, 3.8) is 0 Å². The van der Waals surface area contributed by atoms with Gasteiger partial charge in [0.2, 0.25) is 0 Å². The minimum Gasteiger partial charge on any atom is -0.379 e. The number of hydrogen-bond acceptors (Lipinski definition) is 4. The van der Waals surface area contributed by atoms with Crippen molar-refractivity contribution in [2.75, 3.05) is 63.9 Å². The minimum absolute atomic E-state index is 0. The summed E-state index contributed by atoms with van der Waals surface area (Å²) in [5, 5.41) is 6.95. The van der Waals surface area contributed by atoms with E-state index in [1.165, 1.54) is 12.1 Å². The predicted octanol–water partition coefficient (Wildman–Crippen LogP) is 2.41. The van der Waals surface area contributed by atoms with Gasteiger partial charge in [-0.25, -0.2) is 0 Å². The monoisotopic (exact) mass is 501 g/mol. The Labute approximate surface area is 187 Å². The minimum atomic E-state index is 0. The maximum atomic E-state index is 5.44. The summed E-state index contributed by atoms with van der Waals surface area (Å²) in [6, 6.07) is 11.2. The van der Waals surface area contributed by atoms with Crippen LogP contribution < -0.4 is 15.5 Å². The molecule has 158 valence electrons. The number of benzene rings is 1. The average Bonchev–Trinajstić information content (AvgIpc) is 3.20. The third-order valence-corrected chi connectivity index (χ3v) is 5.49. The van der Waals surface area contributed by atoms with Crippen LogP contribution in [0.2, 0.25) is 0 Å². The van der Waals surface area contributed by atoms with E-state index in [2.05, 4.69) is 64.6 Å². The molecule has 0 aliphatic carbocycles. The van der Waals surface area contributed by atoms with Crippen molar-refractivity contribution in [1.82, 2.24) is 15.5 Å². The van der Waals surface area contributed by atoms with Crippen molar-refractivity contribution >= 4 is 35.6 Å². The van der Waals surface area contributed by atoms with Crippen LogP contribution in [-0.4, -0.2) is 75.9 Å². The SMILES string of the molecule is CCNC(=NCC(C)N1CCOCC1)NCC1CCN(c2ccccc2)C1.I. The van der Waals surface area contributed by atoms with E-state index in [0.29, 0.717) is 12.0 Å². The molecular weight excluding hydrogens is 465 g/mol. The molecule has 0 aromatic heterocycles. The Morgan fingerprint density at radius 3 is 2.64 bits per heavy atom. The fourth-order valence-electron chi connectivity index (χ4n) is 3.81. The number of aliphatic imine (C=N–C) groups is 1. The second-order valence-corrected chi connectivity index (χ2v) is 7.53. The molecular formula is C21H36IN5O. The lowest BCUT2D eigenvalue weighted by atomic mass is 10.1. The summed E-state index contributed by atoms with van der Waals surface area (Å²) in [7, 11) is 0. The van der Waals surface area contributed by atoms with Crippen LogP contribution in [0.25, 0.3) is 0 Å². The summed E-state index contributed by atoms with van der Waals surface area (Å²) in [6.07, 6.45) is 1.23. The molecule has 2 heterocycles. The third kappa shape index (κ3) is 7.08. The van der Waals surface area contributed by atoms with Gasteiger partial charge in [-0.2, -0.15) is 0 Å². The number of rotatable bonds is 7. The molecule has 1 aromatic carbocycles. The van der Waals surface area contributed by atoms with Gasteiger partial charge in [0.05, 0.1) is 19.8 Å². The highest BCUT2D eigenvalue weighted by Gasteiger charge is 2.23. The molecule has 0 saturated carbocycles. The topological polar surface area (TPSA) is 52.1 Å². The van der Waals surface area contributed by atoms with Crippen LogP contribution in [-0.2, 0) is 4.74 Å².